The van der Waals surface area contributed by atoms with Crippen LogP contribution in [0.3, 0.4) is 0 Å². The van der Waals surface area contributed by atoms with Crippen molar-refractivity contribution in [1.29, 1.82) is 0 Å². The van der Waals surface area contributed by atoms with E-state index in [0.717, 1.165) is 18.5 Å². The smallest absolute Gasteiger partial charge is 0.383 e. The van der Waals surface area contributed by atoms with E-state index in [9.17, 15) is 22.4 Å². The molecule has 1 amide bonds. The van der Waals surface area contributed by atoms with Gasteiger partial charge >= 0.3 is 6.18 Å². The van der Waals surface area contributed by atoms with Gasteiger partial charge in [0, 0.05) is 17.8 Å². The Morgan fingerprint density at radius 2 is 1.77 bits per heavy atom. The van der Waals surface area contributed by atoms with E-state index in [0.29, 0.717) is 28.6 Å². The van der Waals surface area contributed by atoms with Gasteiger partial charge in [0.1, 0.15) is 5.82 Å². The highest BCUT2D eigenvalue weighted by Crippen LogP contribution is 2.29. The zero-order valence-electron chi connectivity index (χ0n) is 18.6. The van der Waals surface area contributed by atoms with Gasteiger partial charge in [-0.1, -0.05) is 0 Å². The van der Waals surface area contributed by atoms with Gasteiger partial charge in [0.05, 0.1) is 41.8 Å². The molecule has 180 valence electrons. The summed E-state index contributed by atoms with van der Waals surface area (Å²) in [6.07, 6.45) is -0.573. The minimum absolute atomic E-state index is 0.144. The number of hydrogen-bond acceptors (Lipinski definition) is 7. The molecule has 0 saturated heterocycles. The van der Waals surface area contributed by atoms with E-state index in [4.69, 9.17) is 5.73 Å². The lowest BCUT2D eigenvalue weighted by Gasteiger charge is -2.28. The summed E-state index contributed by atoms with van der Waals surface area (Å²) in [4.78, 5) is 35.0. The number of alkyl halides is 3. The predicted octanol–water partition coefficient (Wildman–Crippen LogP) is 4.27. The number of anilines is 1. The molecule has 1 atom stereocenters. The SMILES string of the molecule is Cc1cc2cc(C(=O)N(Cc3ccc(C(F)(F)F)cn3)C(C)c3ncc(F)cn3)cnc2nc1N. The standard InChI is InChI=1S/C23H19F4N7O/c1-12-5-14-6-15(7-30-21(14)33-19(12)28)22(35)34(13(2)20-31-9-17(24)10-32-20)11-18-4-3-16(8-29-18)23(25,26)27/h3-10,13H,11H2,1-2H3,(H2,28,30,33). The van der Waals surface area contributed by atoms with Gasteiger partial charge in [-0.25, -0.2) is 24.3 Å². The molecule has 0 aliphatic rings. The van der Waals surface area contributed by atoms with Crippen molar-refractivity contribution in [3.63, 3.8) is 0 Å². The van der Waals surface area contributed by atoms with Crippen molar-refractivity contribution in [2.45, 2.75) is 32.6 Å². The van der Waals surface area contributed by atoms with E-state index < -0.39 is 29.5 Å². The number of amides is 1. The van der Waals surface area contributed by atoms with E-state index in [-0.39, 0.29) is 23.6 Å². The van der Waals surface area contributed by atoms with Crippen LogP contribution in [-0.2, 0) is 12.7 Å². The summed E-state index contributed by atoms with van der Waals surface area (Å²) in [5.74, 6) is -0.688. The molecule has 1 unspecified atom stereocenters. The maximum Gasteiger partial charge on any atom is 0.417 e. The van der Waals surface area contributed by atoms with Crippen LogP contribution in [0.5, 0.6) is 0 Å². The lowest BCUT2D eigenvalue weighted by atomic mass is 10.1. The molecule has 0 radical (unpaired) electrons. The number of nitrogens with zero attached hydrogens (tertiary/aromatic N) is 6. The molecule has 4 aromatic heterocycles. The van der Waals surface area contributed by atoms with Crippen LogP contribution in [0, 0.1) is 12.7 Å². The van der Waals surface area contributed by atoms with Crippen molar-refractivity contribution in [3.05, 3.63) is 83.1 Å². The first-order chi connectivity index (χ1) is 16.5. The molecule has 0 aromatic carbocycles. The highest BCUT2D eigenvalue weighted by molar-refractivity contribution is 5.97. The fourth-order valence-electron chi connectivity index (χ4n) is 3.39. The molecule has 35 heavy (non-hydrogen) atoms. The maximum atomic E-state index is 13.6. The van der Waals surface area contributed by atoms with Crippen LogP contribution >= 0.6 is 0 Å². The second-order valence-corrected chi connectivity index (χ2v) is 7.87. The van der Waals surface area contributed by atoms with Crippen molar-refractivity contribution in [2.24, 2.45) is 0 Å². The van der Waals surface area contributed by atoms with E-state index in [1.54, 1.807) is 26.0 Å². The van der Waals surface area contributed by atoms with E-state index in [1.807, 2.05) is 0 Å². The van der Waals surface area contributed by atoms with E-state index in [2.05, 4.69) is 24.9 Å². The molecule has 12 heteroatoms. The minimum Gasteiger partial charge on any atom is -0.383 e. The number of halogens is 4. The third kappa shape index (κ3) is 5.15. The van der Waals surface area contributed by atoms with Crippen LogP contribution in [0.4, 0.5) is 23.4 Å². The quantitative estimate of drug-likeness (QED) is 0.421. The Labute approximate surface area is 196 Å². The van der Waals surface area contributed by atoms with Crippen molar-refractivity contribution < 1.29 is 22.4 Å². The van der Waals surface area contributed by atoms with Gasteiger partial charge in [0.2, 0.25) is 0 Å². The number of fused-ring (bicyclic) bond motifs is 1. The van der Waals surface area contributed by atoms with Crippen LogP contribution in [0.2, 0.25) is 0 Å². The molecule has 4 rings (SSSR count). The highest BCUT2D eigenvalue weighted by Gasteiger charge is 2.31. The van der Waals surface area contributed by atoms with Gasteiger partial charge in [-0.3, -0.25) is 9.78 Å². The third-order valence-corrected chi connectivity index (χ3v) is 5.37. The first kappa shape index (κ1) is 23.9. The fraction of sp³-hybridized carbons (Fsp3) is 0.217. The molecule has 4 aromatic rings. The van der Waals surface area contributed by atoms with Crippen LogP contribution in [0.1, 0.15) is 46.0 Å². The van der Waals surface area contributed by atoms with Gasteiger partial charge in [-0.15, -0.1) is 0 Å². The summed E-state index contributed by atoms with van der Waals surface area (Å²) in [5, 5.41) is 0.584. The molecule has 2 N–H and O–H groups in total. The summed E-state index contributed by atoms with van der Waals surface area (Å²) < 4.78 is 52.1. The Morgan fingerprint density at radius 3 is 2.40 bits per heavy atom. The second-order valence-electron chi connectivity index (χ2n) is 7.87. The number of aryl methyl sites for hydroxylation is 1. The second kappa shape index (κ2) is 9.20. The predicted molar refractivity (Wildman–Crippen MR) is 118 cm³/mol. The molecule has 4 heterocycles. The van der Waals surface area contributed by atoms with Gasteiger partial charge in [0.25, 0.3) is 5.91 Å². The molecule has 0 aliphatic heterocycles. The molecular formula is C23H19F4N7O. The number of hydrogen-bond donors (Lipinski definition) is 1. The monoisotopic (exact) mass is 485 g/mol. The minimum atomic E-state index is -4.54. The first-order valence-corrected chi connectivity index (χ1v) is 10.4. The average Bonchev–Trinajstić information content (AvgIpc) is 2.82. The number of nitrogen functional groups attached to an aromatic ring is 1. The van der Waals surface area contributed by atoms with Gasteiger partial charge < -0.3 is 10.6 Å². The van der Waals surface area contributed by atoms with Crippen molar-refractivity contribution in [3.8, 4) is 0 Å². The van der Waals surface area contributed by atoms with Crippen molar-refractivity contribution in [2.75, 3.05) is 5.73 Å². The maximum absolute atomic E-state index is 13.6. The molecule has 8 nitrogen and oxygen atoms in total. The largest absolute Gasteiger partial charge is 0.417 e. The summed E-state index contributed by atoms with van der Waals surface area (Å²) in [7, 11) is 0. The zero-order chi connectivity index (χ0) is 25.3. The van der Waals surface area contributed by atoms with Crippen LogP contribution < -0.4 is 5.73 Å². The Hall–Kier alpha value is -4.22. The van der Waals surface area contributed by atoms with Crippen LogP contribution in [0.25, 0.3) is 11.0 Å². The topological polar surface area (TPSA) is 111 Å². The molecule has 0 bridgehead atoms. The number of aromatic nitrogens is 5. The number of carbonyl (C=O) groups excluding carboxylic acids is 1. The molecule has 0 spiro atoms. The van der Waals surface area contributed by atoms with Gasteiger partial charge in [-0.05, 0) is 43.7 Å². The van der Waals surface area contributed by atoms with Crippen molar-refractivity contribution in [1.82, 2.24) is 29.8 Å². The number of nitrogens with two attached hydrogens (primary N) is 1. The summed E-state index contributed by atoms with van der Waals surface area (Å²) >= 11 is 0. The zero-order valence-corrected chi connectivity index (χ0v) is 18.6. The highest BCUT2D eigenvalue weighted by atomic mass is 19.4. The Balaban J connectivity index is 1.71. The Morgan fingerprint density at radius 1 is 1.06 bits per heavy atom. The molecular weight excluding hydrogens is 466 g/mol. The van der Waals surface area contributed by atoms with E-state index >= 15 is 0 Å². The molecule has 0 aliphatic carbocycles. The molecule has 0 saturated carbocycles. The fourth-order valence-corrected chi connectivity index (χ4v) is 3.39. The van der Waals surface area contributed by atoms with E-state index in [1.165, 1.54) is 17.2 Å². The Kier molecular flexibility index (Phi) is 6.29. The third-order valence-electron chi connectivity index (χ3n) is 5.37. The summed E-state index contributed by atoms with van der Waals surface area (Å²) in [6.45, 7) is 3.23. The number of rotatable bonds is 5. The lowest BCUT2D eigenvalue weighted by Crippen LogP contribution is -2.34. The number of carbonyl (C=O) groups is 1. The number of pyridine rings is 3. The summed E-state index contributed by atoms with van der Waals surface area (Å²) in [5.41, 5.74) is 6.39. The Bertz CT molecular complexity index is 1380. The average molecular weight is 485 g/mol. The van der Waals surface area contributed by atoms with Crippen LogP contribution in [-0.4, -0.2) is 35.7 Å². The summed E-state index contributed by atoms with van der Waals surface area (Å²) in [6, 6.07) is 4.65. The van der Waals surface area contributed by atoms with Crippen molar-refractivity contribution >= 4 is 22.8 Å². The lowest BCUT2D eigenvalue weighted by molar-refractivity contribution is -0.137. The molecule has 0 fully saturated rings. The van der Waals surface area contributed by atoms with Gasteiger partial charge in [0.15, 0.2) is 17.3 Å². The van der Waals surface area contributed by atoms with Crippen LogP contribution in [0.15, 0.2) is 49.1 Å². The first-order valence-electron chi connectivity index (χ1n) is 10.4. The van der Waals surface area contributed by atoms with Gasteiger partial charge in [-0.2, -0.15) is 13.2 Å². The normalized spacial score (nSPS) is 12.5.